The minimum Gasteiger partial charge on any atom is -0.310 e. The molecule has 0 unspecified atom stereocenters. The number of hydrogen-bond acceptors (Lipinski definition) is 4. The third-order valence-corrected chi connectivity index (χ3v) is 10.9. The average Bonchev–Trinajstić information content (AvgIpc) is 3.20. The highest BCUT2D eigenvalue weighted by Crippen LogP contribution is 2.49. The summed E-state index contributed by atoms with van der Waals surface area (Å²) >= 11 is 0. The minimum atomic E-state index is 0.425. The van der Waals surface area contributed by atoms with Crippen LogP contribution in [0.1, 0.15) is 72.9 Å². The van der Waals surface area contributed by atoms with Crippen molar-refractivity contribution in [3.8, 4) is 12.1 Å². The fraction of sp³-hybridized carbons (Fsp3) is 0.160. The minimum absolute atomic E-state index is 0.425. The quantitative estimate of drug-likeness (QED) is 0.148. The average molecular weight is 699 g/mol. The molecule has 0 bridgehead atoms. The molecule has 4 nitrogen and oxygen atoms in total. The maximum Gasteiger partial charge on any atom is 0.0991 e. The molecule has 0 saturated heterocycles. The fourth-order valence-corrected chi connectivity index (χ4v) is 7.91. The van der Waals surface area contributed by atoms with E-state index < -0.39 is 0 Å². The number of anilines is 6. The zero-order chi connectivity index (χ0) is 37.7. The normalized spacial score (nSPS) is 11.4. The summed E-state index contributed by atoms with van der Waals surface area (Å²) in [5.74, 6) is 0.849. The van der Waals surface area contributed by atoms with Crippen LogP contribution in [0.15, 0.2) is 133 Å². The Balaban J connectivity index is 1.41. The zero-order valence-corrected chi connectivity index (χ0v) is 31.6. The Morgan fingerprint density at radius 2 is 0.704 bits per heavy atom. The highest BCUT2D eigenvalue weighted by Gasteiger charge is 2.24. The van der Waals surface area contributed by atoms with Gasteiger partial charge in [-0.2, -0.15) is 10.5 Å². The van der Waals surface area contributed by atoms with E-state index in [-0.39, 0.29) is 0 Å². The van der Waals surface area contributed by atoms with Crippen molar-refractivity contribution < 1.29 is 0 Å². The molecule has 0 amide bonds. The molecule has 0 atom stereocenters. The predicted octanol–water partition coefficient (Wildman–Crippen LogP) is 14.1. The molecule has 0 fully saturated rings. The highest BCUT2D eigenvalue weighted by atomic mass is 15.1. The predicted molar refractivity (Wildman–Crippen MR) is 227 cm³/mol. The van der Waals surface area contributed by atoms with Crippen LogP contribution in [0.2, 0.25) is 0 Å². The number of nitriles is 2. The van der Waals surface area contributed by atoms with E-state index in [2.05, 4.69) is 148 Å². The Labute approximate surface area is 318 Å². The van der Waals surface area contributed by atoms with Crippen molar-refractivity contribution >= 4 is 66.4 Å². The Kier molecular flexibility index (Phi) is 8.77. The SMILES string of the molecule is Cc1cc(N(c2ccc(C#N)cc2)c2ccc(C(C)C)cc2)c2ccc3c(C)cc(N(c4ccc(C#N)cc4)c4ccc(C(C)C)cc4)c4ccc1c2c34. The van der Waals surface area contributed by atoms with Crippen molar-refractivity contribution in [1.29, 1.82) is 10.5 Å². The molecule has 0 spiro atoms. The molecule has 8 rings (SSSR count). The Hall–Kier alpha value is -6.62. The Morgan fingerprint density at radius 1 is 0.407 bits per heavy atom. The van der Waals surface area contributed by atoms with Crippen LogP contribution >= 0.6 is 0 Å². The van der Waals surface area contributed by atoms with Crippen molar-refractivity contribution in [3.05, 3.63) is 167 Å². The van der Waals surface area contributed by atoms with E-state index in [0.717, 1.165) is 44.9 Å². The molecule has 0 aromatic heterocycles. The fourth-order valence-electron chi connectivity index (χ4n) is 7.91. The van der Waals surface area contributed by atoms with Crippen LogP contribution in [-0.2, 0) is 0 Å². The van der Waals surface area contributed by atoms with Gasteiger partial charge >= 0.3 is 0 Å². The molecule has 0 saturated carbocycles. The molecule has 0 aliphatic heterocycles. The molecular weight excluding hydrogens is 657 g/mol. The second-order valence-corrected chi connectivity index (χ2v) is 15.0. The van der Waals surface area contributed by atoms with Crippen molar-refractivity contribution in [1.82, 2.24) is 0 Å². The van der Waals surface area contributed by atoms with E-state index in [0.29, 0.717) is 23.0 Å². The third kappa shape index (κ3) is 5.87. The van der Waals surface area contributed by atoms with Crippen molar-refractivity contribution in [2.24, 2.45) is 0 Å². The highest BCUT2D eigenvalue weighted by molar-refractivity contribution is 6.29. The molecule has 4 heteroatoms. The number of rotatable bonds is 8. The van der Waals surface area contributed by atoms with Gasteiger partial charge in [-0.05, 0) is 154 Å². The van der Waals surface area contributed by atoms with Gasteiger partial charge < -0.3 is 9.80 Å². The number of nitrogens with zero attached hydrogens (tertiary/aromatic N) is 4. The molecule has 0 aliphatic rings. The van der Waals surface area contributed by atoms with Gasteiger partial charge in [0.25, 0.3) is 0 Å². The van der Waals surface area contributed by atoms with Crippen molar-refractivity contribution in [2.45, 2.75) is 53.4 Å². The maximum atomic E-state index is 9.63. The first kappa shape index (κ1) is 34.5. The van der Waals surface area contributed by atoms with Crippen LogP contribution in [0.3, 0.4) is 0 Å². The third-order valence-electron chi connectivity index (χ3n) is 10.9. The van der Waals surface area contributed by atoms with Gasteiger partial charge in [0.05, 0.1) is 34.6 Å². The van der Waals surface area contributed by atoms with Gasteiger partial charge in [-0.3, -0.25) is 0 Å². The molecular formula is C50H42N4. The lowest BCUT2D eigenvalue weighted by Crippen LogP contribution is -2.12. The summed E-state index contributed by atoms with van der Waals surface area (Å²) in [5.41, 5.74) is 12.5. The largest absolute Gasteiger partial charge is 0.310 e. The summed E-state index contributed by atoms with van der Waals surface area (Å²) in [6.07, 6.45) is 0. The van der Waals surface area contributed by atoms with E-state index in [1.807, 2.05) is 48.5 Å². The first-order chi connectivity index (χ1) is 26.2. The van der Waals surface area contributed by atoms with Gasteiger partial charge in [0.2, 0.25) is 0 Å². The van der Waals surface area contributed by atoms with Crippen LogP contribution in [0.25, 0.3) is 32.3 Å². The number of hydrogen-bond donors (Lipinski definition) is 0. The lowest BCUT2D eigenvalue weighted by molar-refractivity contribution is 0.866. The Morgan fingerprint density at radius 3 is 1.00 bits per heavy atom. The molecule has 0 radical (unpaired) electrons. The number of aryl methyl sites for hydroxylation is 2. The van der Waals surface area contributed by atoms with Crippen LogP contribution in [0, 0.1) is 36.5 Å². The lowest BCUT2D eigenvalue weighted by atomic mass is 9.88. The summed E-state index contributed by atoms with van der Waals surface area (Å²) in [7, 11) is 0. The van der Waals surface area contributed by atoms with Gasteiger partial charge in [-0.25, -0.2) is 0 Å². The van der Waals surface area contributed by atoms with E-state index in [9.17, 15) is 10.5 Å². The molecule has 8 aromatic carbocycles. The monoisotopic (exact) mass is 698 g/mol. The summed E-state index contributed by atoms with van der Waals surface area (Å²) < 4.78 is 0. The molecule has 0 heterocycles. The van der Waals surface area contributed by atoms with Crippen LogP contribution in [-0.4, -0.2) is 0 Å². The number of benzene rings is 8. The van der Waals surface area contributed by atoms with Crippen molar-refractivity contribution in [3.63, 3.8) is 0 Å². The lowest BCUT2D eigenvalue weighted by Gasteiger charge is -2.30. The van der Waals surface area contributed by atoms with Crippen LogP contribution in [0.4, 0.5) is 34.1 Å². The van der Waals surface area contributed by atoms with Crippen LogP contribution < -0.4 is 9.80 Å². The van der Waals surface area contributed by atoms with E-state index in [1.165, 1.54) is 43.8 Å². The van der Waals surface area contributed by atoms with Gasteiger partial charge in [-0.1, -0.05) is 76.2 Å². The summed E-state index contributed by atoms with van der Waals surface area (Å²) in [6, 6.07) is 51.8. The summed E-state index contributed by atoms with van der Waals surface area (Å²) in [5, 5.41) is 26.5. The first-order valence-electron chi connectivity index (χ1n) is 18.7. The van der Waals surface area contributed by atoms with Crippen LogP contribution in [0.5, 0.6) is 0 Å². The molecule has 54 heavy (non-hydrogen) atoms. The topological polar surface area (TPSA) is 54.1 Å². The van der Waals surface area contributed by atoms with Crippen molar-refractivity contribution in [2.75, 3.05) is 9.80 Å². The maximum absolute atomic E-state index is 9.63. The zero-order valence-electron chi connectivity index (χ0n) is 31.6. The van der Waals surface area contributed by atoms with E-state index >= 15 is 0 Å². The van der Waals surface area contributed by atoms with Gasteiger partial charge in [0, 0.05) is 33.5 Å². The molecule has 0 N–H and O–H groups in total. The summed E-state index contributed by atoms with van der Waals surface area (Å²) in [4.78, 5) is 4.66. The smallest absolute Gasteiger partial charge is 0.0991 e. The second-order valence-electron chi connectivity index (χ2n) is 15.0. The second kappa shape index (κ2) is 13.7. The summed E-state index contributed by atoms with van der Waals surface area (Å²) in [6.45, 7) is 13.3. The Bertz CT molecular complexity index is 2530. The first-order valence-corrected chi connectivity index (χ1v) is 18.7. The van der Waals surface area contributed by atoms with E-state index in [1.54, 1.807) is 0 Å². The standard InChI is InChI=1S/C50H42N4/c1-31(2)37-11-19-41(20-12-37)53(39-15-7-35(29-51)8-16-39)47-27-33(5)43-24-26-46-48(28-34(6)44-23-25-45(47)49(43)50(44)46)54(40-17-9-36(30-52)10-18-40)42-21-13-38(14-22-42)32(3)4/h7-28,31-32H,1-6H3. The van der Waals surface area contributed by atoms with Gasteiger partial charge in [0.1, 0.15) is 0 Å². The van der Waals surface area contributed by atoms with Gasteiger partial charge in [0.15, 0.2) is 0 Å². The molecule has 262 valence electrons. The molecule has 0 aliphatic carbocycles. The molecule has 8 aromatic rings. The van der Waals surface area contributed by atoms with E-state index in [4.69, 9.17) is 0 Å². The van der Waals surface area contributed by atoms with Gasteiger partial charge in [-0.15, -0.1) is 0 Å².